The highest BCUT2D eigenvalue weighted by Gasteiger charge is 2.25. The summed E-state index contributed by atoms with van der Waals surface area (Å²) in [5.74, 6) is -1.97. The lowest BCUT2D eigenvalue weighted by molar-refractivity contribution is -0.870. The van der Waals surface area contributed by atoms with E-state index >= 15 is 0 Å². The van der Waals surface area contributed by atoms with E-state index in [1.54, 1.807) is 0 Å². The number of carboxylic acids is 1. The van der Waals surface area contributed by atoms with Gasteiger partial charge in [-0.25, -0.2) is 4.79 Å². The van der Waals surface area contributed by atoms with Gasteiger partial charge in [0.1, 0.15) is 13.2 Å². The Morgan fingerprint density at radius 1 is 0.377 bits per heavy atom. The van der Waals surface area contributed by atoms with Crippen molar-refractivity contribution >= 4 is 17.9 Å². The van der Waals surface area contributed by atoms with Crippen LogP contribution in [0.1, 0.15) is 348 Å². The number of ether oxygens (including phenoxy) is 4. The number of carbonyl (C=O) groups is 3. The Morgan fingerprint density at radius 2 is 0.662 bits per heavy atom. The molecule has 0 spiro atoms. The summed E-state index contributed by atoms with van der Waals surface area (Å²) in [6.07, 6.45) is 68.9. The summed E-state index contributed by atoms with van der Waals surface area (Å²) in [4.78, 5) is 37.6. The molecular formula is C68H132NO8+. The average Bonchev–Trinajstić information content (AvgIpc) is 3.40. The van der Waals surface area contributed by atoms with Gasteiger partial charge in [0.15, 0.2) is 6.10 Å². The largest absolute Gasteiger partial charge is 0.477 e. The number of nitrogens with zero attached hydrogens (tertiary/aromatic N) is 1. The number of unbranched alkanes of at least 4 members (excludes halogenated alkanes) is 47. The molecule has 0 saturated carbocycles. The fourth-order valence-corrected chi connectivity index (χ4v) is 10.3. The minimum Gasteiger partial charge on any atom is -0.477 e. The number of quaternary nitrogens is 1. The summed E-state index contributed by atoms with van der Waals surface area (Å²) in [5.41, 5.74) is 0. The van der Waals surface area contributed by atoms with Gasteiger partial charge < -0.3 is 28.5 Å². The number of hydrogen-bond acceptors (Lipinski definition) is 7. The number of hydrogen-bond donors (Lipinski definition) is 1. The molecular weight excluding hydrogens is 959 g/mol. The Bertz CT molecular complexity index is 1270. The van der Waals surface area contributed by atoms with E-state index in [1.165, 1.54) is 283 Å². The van der Waals surface area contributed by atoms with Crippen LogP contribution < -0.4 is 0 Å². The van der Waals surface area contributed by atoms with Crippen LogP contribution >= 0.6 is 0 Å². The van der Waals surface area contributed by atoms with Crippen molar-refractivity contribution in [1.82, 2.24) is 0 Å². The number of carbonyl (C=O) groups excluding carboxylic acids is 2. The van der Waals surface area contributed by atoms with Crippen LogP contribution in [-0.2, 0) is 33.3 Å². The first kappa shape index (κ1) is 75.0. The van der Waals surface area contributed by atoms with Gasteiger partial charge >= 0.3 is 17.9 Å². The molecule has 2 unspecified atom stereocenters. The van der Waals surface area contributed by atoms with E-state index in [0.29, 0.717) is 17.4 Å². The number of likely N-dealkylation sites (N-methyl/N-ethyl adjacent to an activating group) is 1. The predicted octanol–water partition coefficient (Wildman–Crippen LogP) is 20.5. The van der Waals surface area contributed by atoms with Crippen molar-refractivity contribution in [2.75, 3.05) is 47.5 Å². The molecule has 77 heavy (non-hydrogen) atoms. The molecule has 0 amide bonds. The second-order valence-electron chi connectivity index (χ2n) is 24.5. The van der Waals surface area contributed by atoms with Crippen LogP contribution in [-0.4, -0.2) is 87.4 Å². The molecule has 0 bridgehead atoms. The lowest BCUT2D eigenvalue weighted by Gasteiger charge is -2.25. The van der Waals surface area contributed by atoms with Gasteiger partial charge in [-0.15, -0.1) is 0 Å². The summed E-state index contributed by atoms with van der Waals surface area (Å²) in [5, 5.41) is 9.73. The molecule has 0 fully saturated rings. The summed E-state index contributed by atoms with van der Waals surface area (Å²) in [6.45, 7) is 4.96. The van der Waals surface area contributed by atoms with Crippen LogP contribution in [0.2, 0.25) is 0 Å². The van der Waals surface area contributed by atoms with E-state index in [-0.39, 0.29) is 38.2 Å². The van der Waals surface area contributed by atoms with Crippen LogP contribution in [0.5, 0.6) is 0 Å². The van der Waals surface area contributed by atoms with Crippen molar-refractivity contribution in [2.24, 2.45) is 0 Å². The molecule has 0 aliphatic rings. The highest BCUT2D eigenvalue weighted by Crippen LogP contribution is 2.19. The minimum absolute atomic E-state index is 0.174. The van der Waals surface area contributed by atoms with Gasteiger partial charge in [-0.05, 0) is 38.5 Å². The second kappa shape index (κ2) is 60.1. The summed E-state index contributed by atoms with van der Waals surface area (Å²) in [6, 6.07) is 0. The lowest BCUT2D eigenvalue weighted by Crippen LogP contribution is -2.40. The Hall–Kier alpha value is -1.97. The molecule has 0 saturated heterocycles. The molecule has 0 heterocycles. The van der Waals surface area contributed by atoms with E-state index < -0.39 is 18.4 Å². The predicted molar refractivity (Wildman–Crippen MR) is 328 cm³/mol. The molecule has 0 rings (SSSR count). The lowest BCUT2D eigenvalue weighted by atomic mass is 10.0. The van der Waals surface area contributed by atoms with Gasteiger partial charge in [-0.3, -0.25) is 9.59 Å². The number of rotatable bonds is 64. The zero-order valence-corrected chi connectivity index (χ0v) is 52.2. The van der Waals surface area contributed by atoms with E-state index in [1.807, 2.05) is 21.1 Å². The standard InChI is InChI=1S/C68H131NO8/c1-6-8-10-12-14-16-18-20-22-24-26-28-30-32-33-35-36-38-40-42-44-46-48-50-52-54-56-58-65(70)75-62-64(63-76-68(67(72)73)74-61-60-69(3,4)5)77-66(71)59-57-55-53-51-49-47-45-43-41-39-37-34-31-29-27-25-23-21-19-17-15-13-11-9-7-2/h25,27,64,68H,6-24,26,28-63H2,1-5H3/p+1/b27-25-. The molecule has 9 heteroatoms. The maximum absolute atomic E-state index is 12.9. The van der Waals surface area contributed by atoms with Gasteiger partial charge in [-0.1, -0.05) is 309 Å². The highest BCUT2D eigenvalue weighted by molar-refractivity contribution is 5.71. The van der Waals surface area contributed by atoms with E-state index in [9.17, 15) is 19.5 Å². The van der Waals surface area contributed by atoms with Gasteiger partial charge in [0.05, 0.1) is 34.4 Å². The number of allylic oxidation sites excluding steroid dienone is 2. The zero-order chi connectivity index (χ0) is 56.2. The quantitative estimate of drug-likeness (QED) is 0.0211. The van der Waals surface area contributed by atoms with E-state index in [0.717, 1.165) is 38.5 Å². The minimum atomic E-state index is -1.51. The first-order chi connectivity index (χ1) is 37.6. The molecule has 1 N–H and O–H groups in total. The third kappa shape index (κ3) is 61.5. The number of esters is 2. The third-order valence-corrected chi connectivity index (χ3v) is 15.5. The zero-order valence-electron chi connectivity index (χ0n) is 52.2. The molecule has 2 atom stereocenters. The van der Waals surface area contributed by atoms with Crippen LogP contribution in [0.25, 0.3) is 0 Å². The maximum Gasteiger partial charge on any atom is 0.361 e. The van der Waals surface area contributed by atoms with Gasteiger partial charge in [0.25, 0.3) is 6.29 Å². The summed E-state index contributed by atoms with van der Waals surface area (Å²) < 4.78 is 23.0. The molecule has 0 aromatic rings. The van der Waals surface area contributed by atoms with E-state index in [4.69, 9.17) is 18.9 Å². The van der Waals surface area contributed by atoms with Crippen molar-refractivity contribution in [1.29, 1.82) is 0 Å². The van der Waals surface area contributed by atoms with Crippen molar-refractivity contribution in [3.05, 3.63) is 12.2 Å². The Morgan fingerprint density at radius 3 is 0.961 bits per heavy atom. The Labute approximate surface area is 478 Å². The van der Waals surface area contributed by atoms with Crippen molar-refractivity contribution < 1.29 is 42.9 Å². The van der Waals surface area contributed by atoms with Gasteiger partial charge in [0.2, 0.25) is 0 Å². The van der Waals surface area contributed by atoms with Gasteiger partial charge in [-0.2, -0.15) is 0 Å². The average molecular weight is 1090 g/mol. The monoisotopic (exact) mass is 1090 g/mol. The Kier molecular flexibility index (Phi) is 58.6. The van der Waals surface area contributed by atoms with Gasteiger partial charge in [0, 0.05) is 12.8 Å². The first-order valence-electron chi connectivity index (χ1n) is 33.9. The fraction of sp³-hybridized carbons (Fsp3) is 0.926. The molecule has 0 aliphatic carbocycles. The van der Waals surface area contributed by atoms with E-state index in [2.05, 4.69) is 26.0 Å². The van der Waals surface area contributed by atoms with Crippen LogP contribution in [0.3, 0.4) is 0 Å². The fourth-order valence-electron chi connectivity index (χ4n) is 10.3. The van der Waals surface area contributed by atoms with Crippen LogP contribution in [0.15, 0.2) is 12.2 Å². The van der Waals surface area contributed by atoms with Crippen molar-refractivity contribution in [2.45, 2.75) is 360 Å². The maximum atomic E-state index is 12.9. The molecule has 456 valence electrons. The molecule has 0 aromatic heterocycles. The van der Waals surface area contributed by atoms with Crippen LogP contribution in [0.4, 0.5) is 0 Å². The SMILES string of the molecule is CCCCCCCCCC/C=C\CCCCCCCCCCCCCCCC(=O)OC(COC(=O)CCCCCCCCCCCCCCCCCCCCCCCCCCCCC)COC(OCC[N+](C)(C)C)C(=O)O. The third-order valence-electron chi connectivity index (χ3n) is 15.5. The smallest absolute Gasteiger partial charge is 0.361 e. The number of carboxylic acid groups (broad SMARTS) is 1. The summed E-state index contributed by atoms with van der Waals surface area (Å²) >= 11 is 0. The normalized spacial score (nSPS) is 12.7. The van der Waals surface area contributed by atoms with Crippen LogP contribution in [0, 0.1) is 0 Å². The topological polar surface area (TPSA) is 108 Å². The highest BCUT2D eigenvalue weighted by atomic mass is 16.7. The second-order valence-corrected chi connectivity index (χ2v) is 24.5. The number of aliphatic carboxylic acids is 1. The molecule has 9 nitrogen and oxygen atoms in total. The first-order valence-corrected chi connectivity index (χ1v) is 33.9. The van der Waals surface area contributed by atoms with Crippen molar-refractivity contribution in [3.8, 4) is 0 Å². The van der Waals surface area contributed by atoms with Crippen molar-refractivity contribution in [3.63, 3.8) is 0 Å². The molecule has 0 aromatic carbocycles. The molecule has 0 radical (unpaired) electrons. The Balaban J connectivity index is 4.09. The molecule has 0 aliphatic heterocycles. The summed E-state index contributed by atoms with van der Waals surface area (Å²) in [7, 11) is 5.99.